The molecule has 1 atom stereocenters. The van der Waals surface area contributed by atoms with Crippen LogP contribution in [0.2, 0.25) is 0 Å². The van der Waals surface area contributed by atoms with Crippen LogP contribution < -0.4 is 0 Å². The van der Waals surface area contributed by atoms with Crippen molar-refractivity contribution in [3.8, 4) is 6.07 Å². The van der Waals surface area contributed by atoms with E-state index in [2.05, 4.69) is 0 Å². The summed E-state index contributed by atoms with van der Waals surface area (Å²) < 4.78 is 4.93. The molecule has 0 saturated carbocycles. The SMILES string of the molecule is N#C[C@@]1(C(=O)O)CCCOC1. The first-order valence-corrected chi connectivity index (χ1v) is 3.44. The van der Waals surface area contributed by atoms with Crippen LogP contribution in [0, 0.1) is 16.7 Å². The summed E-state index contributed by atoms with van der Waals surface area (Å²) in [5, 5.41) is 17.3. The highest BCUT2D eigenvalue weighted by molar-refractivity contribution is 5.78. The first-order chi connectivity index (χ1) is 5.21. The molecule has 0 unspecified atom stereocenters. The zero-order valence-corrected chi connectivity index (χ0v) is 6.04. The van der Waals surface area contributed by atoms with Crippen LogP contribution in [0.25, 0.3) is 0 Å². The number of nitriles is 1. The van der Waals surface area contributed by atoms with Crippen LogP contribution in [-0.2, 0) is 9.53 Å². The van der Waals surface area contributed by atoms with E-state index in [-0.39, 0.29) is 6.61 Å². The van der Waals surface area contributed by atoms with Crippen molar-refractivity contribution >= 4 is 5.97 Å². The molecule has 1 rings (SSSR count). The fraction of sp³-hybridized carbons (Fsp3) is 0.714. The second-order valence-corrected chi connectivity index (χ2v) is 2.66. The van der Waals surface area contributed by atoms with Crippen LogP contribution in [0.4, 0.5) is 0 Å². The first kappa shape index (κ1) is 8.02. The molecule has 0 aromatic carbocycles. The molecule has 0 bridgehead atoms. The third-order valence-electron chi connectivity index (χ3n) is 1.86. The van der Waals surface area contributed by atoms with Gasteiger partial charge in [-0.15, -0.1) is 0 Å². The Morgan fingerprint density at radius 3 is 2.73 bits per heavy atom. The number of hydrogen-bond acceptors (Lipinski definition) is 3. The maximum absolute atomic E-state index is 10.6. The van der Waals surface area contributed by atoms with Crippen molar-refractivity contribution < 1.29 is 14.6 Å². The van der Waals surface area contributed by atoms with Crippen LogP contribution in [0.1, 0.15) is 12.8 Å². The summed E-state index contributed by atoms with van der Waals surface area (Å²) in [6.45, 7) is 0.593. The normalized spacial score (nSPS) is 30.8. The minimum Gasteiger partial charge on any atom is -0.480 e. The molecule has 1 saturated heterocycles. The third kappa shape index (κ3) is 1.33. The third-order valence-corrected chi connectivity index (χ3v) is 1.86. The first-order valence-electron chi connectivity index (χ1n) is 3.44. The van der Waals surface area contributed by atoms with E-state index in [1.54, 1.807) is 6.07 Å². The summed E-state index contributed by atoms with van der Waals surface area (Å²) in [6.07, 6.45) is 1.05. The topological polar surface area (TPSA) is 70.3 Å². The Bertz CT molecular complexity index is 200. The highest BCUT2D eigenvalue weighted by Gasteiger charge is 2.40. The van der Waals surface area contributed by atoms with Gasteiger partial charge in [-0.2, -0.15) is 5.26 Å². The van der Waals surface area contributed by atoms with E-state index in [1.165, 1.54) is 0 Å². The van der Waals surface area contributed by atoms with Gasteiger partial charge in [-0.05, 0) is 12.8 Å². The Hall–Kier alpha value is -1.08. The van der Waals surface area contributed by atoms with Crippen LogP contribution in [0.15, 0.2) is 0 Å². The molecule has 0 aromatic heterocycles. The van der Waals surface area contributed by atoms with Gasteiger partial charge in [-0.1, -0.05) is 0 Å². The summed E-state index contributed by atoms with van der Waals surface area (Å²) in [6, 6.07) is 1.79. The van der Waals surface area contributed by atoms with Crippen molar-refractivity contribution in [3.63, 3.8) is 0 Å². The Labute approximate surface area is 64.4 Å². The average molecular weight is 155 g/mol. The maximum atomic E-state index is 10.6. The number of rotatable bonds is 1. The fourth-order valence-electron chi connectivity index (χ4n) is 1.10. The van der Waals surface area contributed by atoms with Gasteiger partial charge in [0.2, 0.25) is 0 Å². The Morgan fingerprint density at radius 1 is 1.73 bits per heavy atom. The summed E-state index contributed by atoms with van der Waals surface area (Å²) in [7, 11) is 0. The van der Waals surface area contributed by atoms with Gasteiger partial charge >= 0.3 is 5.97 Å². The number of carboxylic acids is 1. The molecular formula is C7H9NO3. The molecule has 1 fully saturated rings. The van der Waals surface area contributed by atoms with Gasteiger partial charge < -0.3 is 9.84 Å². The van der Waals surface area contributed by atoms with E-state index in [1.807, 2.05) is 0 Å². The predicted octanol–water partition coefficient (Wildman–Crippen LogP) is 0.391. The number of ether oxygens (including phenoxy) is 1. The van der Waals surface area contributed by atoms with Gasteiger partial charge in [0.05, 0.1) is 12.7 Å². The van der Waals surface area contributed by atoms with E-state index >= 15 is 0 Å². The second kappa shape index (κ2) is 2.89. The van der Waals surface area contributed by atoms with Gasteiger partial charge in [-0.3, -0.25) is 4.79 Å². The zero-order chi connectivity index (χ0) is 8.32. The molecule has 0 aliphatic carbocycles. The van der Waals surface area contributed by atoms with Crippen molar-refractivity contribution in [1.82, 2.24) is 0 Å². The Balaban J connectivity index is 2.75. The van der Waals surface area contributed by atoms with Crippen LogP contribution in [-0.4, -0.2) is 24.3 Å². The molecular weight excluding hydrogens is 146 g/mol. The van der Waals surface area contributed by atoms with Gasteiger partial charge in [0.1, 0.15) is 0 Å². The minimum absolute atomic E-state index is 0.0266. The lowest BCUT2D eigenvalue weighted by Crippen LogP contribution is -2.37. The molecule has 11 heavy (non-hydrogen) atoms. The lowest BCUT2D eigenvalue weighted by molar-refractivity contribution is -0.151. The average Bonchev–Trinajstić information content (AvgIpc) is 2.05. The van der Waals surface area contributed by atoms with Crippen molar-refractivity contribution in [2.24, 2.45) is 5.41 Å². The number of nitrogens with zero attached hydrogens (tertiary/aromatic N) is 1. The zero-order valence-electron chi connectivity index (χ0n) is 6.04. The predicted molar refractivity (Wildman–Crippen MR) is 35.7 cm³/mol. The molecule has 60 valence electrons. The van der Waals surface area contributed by atoms with Crippen LogP contribution in [0.3, 0.4) is 0 Å². The molecule has 1 aliphatic heterocycles. The van der Waals surface area contributed by atoms with Crippen molar-refractivity contribution in [2.75, 3.05) is 13.2 Å². The highest BCUT2D eigenvalue weighted by Crippen LogP contribution is 2.27. The van der Waals surface area contributed by atoms with Crippen LogP contribution in [0.5, 0.6) is 0 Å². The largest absolute Gasteiger partial charge is 0.480 e. The maximum Gasteiger partial charge on any atom is 0.326 e. The second-order valence-electron chi connectivity index (χ2n) is 2.66. The molecule has 0 spiro atoms. The van der Waals surface area contributed by atoms with Crippen molar-refractivity contribution in [3.05, 3.63) is 0 Å². The van der Waals surface area contributed by atoms with Gasteiger partial charge in [0, 0.05) is 6.61 Å². The molecule has 4 nitrogen and oxygen atoms in total. The molecule has 0 radical (unpaired) electrons. The summed E-state index contributed by atoms with van der Waals surface area (Å²) >= 11 is 0. The van der Waals surface area contributed by atoms with Crippen molar-refractivity contribution in [2.45, 2.75) is 12.8 Å². The monoisotopic (exact) mass is 155 g/mol. The molecule has 1 heterocycles. The fourth-order valence-corrected chi connectivity index (χ4v) is 1.10. The van der Waals surface area contributed by atoms with Crippen molar-refractivity contribution in [1.29, 1.82) is 5.26 Å². The number of carboxylic acid groups (broad SMARTS) is 1. The van der Waals surface area contributed by atoms with Gasteiger partial charge in [0.25, 0.3) is 0 Å². The number of hydrogen-bond donors (Lipinski definition) is 1. The molecule has 0 aromatic rings. The Morgan fingerprint density at radius 2 is 2.45 bits per heavy atom. The number of carbonyl (C=O) groups is 1. The number of aliphatic carboxylic acids is 1. The lowest BCUT2D eigenvalue weighted by Gasteiger charge is -2.25. The lowest BCUT2D eigenvalue weighted by atomic mass is 9.84. The van der Waals surface area contributed by atoms with E-state index in [0.717, 1.165) is 0 Å². The quantitative estimate of drug-likeness (QED) is 0.594. The van der Waals surface area contributed by atoms with Gasteiger partial charge in [0.15, 0.2) is 5.41 Å². The standard InChI is InChI=1S/C7H9NO3/c8-4-7(6(9)10)2-1-3-11-5-7/h1-3,5H2,(H,9,10)/t7-/m0/s1. The van der Waals surface area contributed by atoms with Gasteiger partial charge in [-0.25, -0.2) is 0 Å². The summed E-state index contributed by atoms with van der Waals surface area (Å²) in [5.74, 6) is -1.07. The molecule has 1 aliphatic rings. The molecule has 1 N–H and O–H groups in total. The van der Waals surface area contributed by atoms with E-state index in [0.29, 0.717) is 19.4 Å². The Kier molecular flexibility index (Phi) is 2.11. The highest BCUT2D eigenvalue weighted by atomic mass is 16.5. The summed E-state index contributed by atoms with van der Waals surface area (Å²) in [5.41, 5.74) is -1.28. The molecule has 4 heteroatoms. The summed E-state index contributed by atoms with van der Waals surface area (Å²) in [4.78, 5) is 10.6. The van der Waals surface area contributed by atoms with E-state index in [4.69, 9.17) is 15.1 Å². The van der Waals surface area contributed by atoms with Crippen LogP contribution >= 0.6 is 0 Å². The molecule has 0 amide bonds. The van der Waals surface area contributed by atoms with E-state index in [9.17, 15) is 4.79 Å². The minimum atomic E-state index is -1.28. The smallest absolute Gasteiger partial charge is 0.326 e. The van der Waals surface area contributed by atoms with E-state index < -0.39 is 11.4 Å².